The molecule has 1 aliphatic rings. The second-order valence-electron chi connectivity index (χ2n) is 39.8. The first-order valence-electron chi connectivity index (χ1n) is 48.8. The summed E-state index contributed by atoms with van der Waals surface area (Å²) in [7, 11) is -6.57. The maximum atomic E-state index is 13.0. The van der Waals surface area contributed by atoms with Crippen LogP contribution in [0.15, 0.2) is 311 Å². The van der Waals surface area contributed by atoms with E-state index in [9.17, 15) is 16.8 Å². The number of rotatable bonds is 36. The van der Waals surface area contributed by atoms with Gasteiger partial charge in [0.25, 0.3) is 0 Å². The van der Waals surface area contributed by atoms with Crippen LogP contribution in [0.4, 0.5) is 0 Å². The van der Waals surface area contributed by atoms with Crippen LogP contribution < -0.4 is 4.74 Å². The second kappa shape index (κ2) is 60.0. The fourth-order valence-electron chi connectivity index (χ4n) is 16.1. The zero-order valence-electron chi connectivity index (χ0n) is 84.7. The van der Waals surface area contributed by atoms with Gasteiger partial charge in [0.1, 0.15) is 5.75 Å². The Balaban J connectivity index is 0.000000322. The summed E-state index contributed by atoms with van der Waals surface area (Å²) < 4.78 is 57.1. The SMILES string of the molecule is CC(C)C(CS(=O)(=O)c1ccc(-c2ccccc2)cc1)C(C)C.CC(C)C(Cc1ccccc1)CS(=O)(=O)c1ccc(-c2ccccc2)cc1.CC(C)CCCc1ccccc1.CC(C)CCOc1ccc(-c2ccc(C#N)cc2)cc1.CC(C)Cc1ccc(C(C)C(C)C)cc1.CC1=C(/C=C/C(C)=C/C=C/C(C)=C/C(C)C)C(C)(C)CCC1.CCCC(CCC)C(C)C. The summed E-state index contributed by atoms with van der Waals surface area (Å²) in [5.74, 6) is 8.68. The number of sulfone groups is 2. The van der Waals surface area contributed by atoms with Crippen molar-refractivity contribution in [3.63, 3.8) is 0 Å². The predicted octanol–water partition coefficient (Wildman–Crippen LogP) is 34.7. The smallest absolute Gasteiger partial charge is 0.178 e. The molecule has 1 aliphatic carbocycles. The van der Waals surface area contributed by atoms with E-state index in [1.165, 1.54) is 110 Å². The van der Waals surface area contributed by atoms with Crippen molar-refractivity contribution in [2.24, 2.45) is 76.4 Å². The van der Waals surface area contributed by atoms with Gasteiger partial charge in [0, 0.05) is 0 Å². The largest absolute Gasteiger partial charge is 0.494 e. The highest BCUT2D eigenvalue weighted by atomic mass is 32.2. The molecule has 0 heterocycles. The summed E-state index contributed by atoms with van der Waals surface area (Å²) >= 11 is 0. The molecule has 6 nitrogen and oxygen atoms in total. The predicted molar refractivity (Wildman–Crippen MR) is 563 cm³/mol. The number of aryl methyl sites for hydroxylation is 1. The molecule has 0 fully saturated rings. The Morgan fingerprint density at radius 3 is 1.28 bits per heavy atom. The molecule has 9 aromatic carbocycles. The van der Waals surface area contributed by atoms with Gasteiger partial charge in [-0.1, -0.05) is 439 Å². The van der Waals surface area contributed by atoms with E-state index in [0.717, 1.165) is 88.2 Å². The Morgan fingerprint density at radius 1 is 0.442 bits per heavy atom. The van der Waals surface area contributed by atoms with Crippen molar-refractivity contribution in [1.29, 1.82) is 5.26 Å². The molecule has 0 aromatic heterocycles. The van der Waals surface area contributed by atoms with Crippen molar-refractivity contribution in [3.05, 3.63) is 329 Å². The molecule has 0 radical (unpaired) electrons. The molecule has 0 spiro atoms. The van der Waals surface area contributed by atoms with E-state index in [0.29, 0.717) is 56.3 Å². The molecule has 0 amide bonds. The van der Waals surface area contributed by atoms with E-state index in [1.54, 1.807) is 29.8 Å². The van der Waals surface area contributed by atoms with Crippen LogP contribution in [0.2, 0.25) is 0 Å². The van der Waals surface area contributed by atoms with Crippen molar-refractivity contribution in [3.8, 4) is 45.2 Å². The van der Waals surface area contributed by atoms with Crippen LogP contribution in [-0.4, -0.2) is 34.9 Å². The van der Waals surface area contributed by atoms with Crippen LogP contribution >= 0.6 is 0 Å². The normalized spacial score (nSPS) is 13.5. The van der Waals surface area contributed by atoms with E-state index in [1.807, 2.05) is 152 Å². The van der Waals surface area contributed by atoms with Crippen molar-refractivity contribution in [2.75, 3.05) is 18.1 Å². The van der Waals surface area contributed by atoms with Gasteiger partial charge in [-0.25, -0.2) is 16.8 Å². The third-order valence-electron chi connectivity index (χ3n) is 24.5. The molecule has 2 unspecified atom stereocenters. The fourth-order valence-corrected chi connectivity index (χ4v) is 19.9. The van der Waals surface area contributed by atoms with E-state index in [-0.39, 0.29) is 23.3 Å². The minimum Gasteiger partial charge on any atom is -0.494 e. The molecule has 9 aromatic rings. The number of hydrogen-bond acceptors (Lipinski definition) is 6. The minimum atomic E-state index is -3.32. The average molecular weight is 1780 g/mol. The standard InChI is InChI=1S/C24H26O2S.C22H34.C20H26O2S.C18H19NO.C15H24.C12H18.C10H22/c1-19(2)23(17-20-9-5-3-6-10-20)18-27(25,26)24-15-13-22(14-16-24)21-11-7-4-8-12-21;1-17(2)16-19(4)11-8-10-18(3)13-14-21-20(5)12-9-15-22(21,6)7;1-15(2)20(16(3)4)14-23(21,22)19-12-10-18(11-13-19)17-8-6-5-7-9-17;1-14(2)11-12-20-18-9-7-17(8-10-18)16-5-3-15(13-19)4-6-16;1-11(2)10-14-6-8-15(9-7-14)13(5)12(3)4;1-11(2)7-6-10-12-8-4-3-5-9-12;1-5-7-10(8-6-2)9(3)4/h3-16,19,23H,17-18H2,1-2H3;8,10-11,13-14,16-17H,9,12,15H2,1-7H3;5-13,15-16,20H,14H2,1-4H3;3-10,14H,11-12H2,1-2H3;6-9,11-13H,10H2,1-5H3;3-5,8-9,11H,6-7,10H2,1-2H3;9-10H,5-8H2,1-4H3/b;11-8+,14-13+,18-10+,19-16+;;;;;. The Kier molecular flexibility index (Phi) is 52.2. The third-order valence-corrected chi connectivity index (χ3v) is 28.2. The van der Waals surface area contributed by atoms with Gasteiger partial charge < -0.3 is 4.74 Å². The second-order valence-corrected chi connectivity index (χ2v) is 43.9. The topological polar surface area (TPSA) is 101 Å². The molecule has 129 heavy (non-hydrogen) atoms. The zero-order valence-corrected chi connectivity index (χ0v) is 86.3. The molecular weight excluding hydrogens is 1610 g/mol. The summed E-state index contributed by atoms with van der Waals surface area (Å²) in [5.41, 5.74) is 18.8. The maximum Gasteiger partial charge on any atom is 0.178 e. The lowest BCUT2D eigenvalue weighted by Gasteiger charge is -2.32. The van der Waals surface area contributed by atoms with Crippen LogP contribution in [0, 0.1) is 87.8 Å². The van der Waals surface area contributed by atoms with Crippen molar-refractivity contribution >= 4 is 19.7 Å². The first-order chi connectivity index (χ1) is 61.2. The van der Waals surface area contributed by atoms with Crippen LogP contribution in [0.1, 0.15) is 278 Å². The van der Waals surface area contributed by atoms with Gasteiger partial charge in [0.15, 0.2) is 19.7 Å². The Bertz CT molecular complexity index is 4950. The highest BCUT2D eigenvalue weighted by Gasteiger charge is 2.29. The maximum absolute atomic E-state index is 13.0. The van der Waals surface area contributed by atoms with E-state index >= 15 is 0 Å². The minimum absolute atomic E-state index is 0.0891. The Labute approximate surface area is 789 Å². The lowest BCUT2D eigenvalue weighted by Crippen LogP contribution is -2.25. The highest BCUT2D eigenvalue weighted by molar-refractivity contribution is 7.91. The summed E-state index contributed by atoms with van der Waals surface area (Å²) in [5, 5.41) is 8.79. The van der Waals surface area contributed by atoms with Crippen molar-refractivity contribution in [2.45, 2.75) is 279 Å². The van der Waals surface area contributed by atoms with E-state index in [4.69, 9.17) is 10.00 Å². The molecule has 8 heteroatoms. The molecule has 0 bridgehead atoms. The van der Waals surface area contributed by atoms with Crippen molar-refractivity contribution < 1.29 is 21.6 Å². The third kappa shape index (κ3) is 44.6. The number of benzene rings is 9. The summed E-state index contributed by atoms with van der Waals surface area (Å²) in [6.07, 6.45) is 29.8. The molecule has 0 saturated carbocycles. The number of hydrogen-bond donors (Lipinski definition) is 0. The molecule has 0 N–H and O–H groups in total. The average Bonchev–Trinajstić information content (AvgIpc) is 0.817. The van der Waals surface area contributed by atoms with Gasteiger partial charge in [-0.2, -0.15) is 5.26 Å². The van der Waals surface area contributed by atoms with Gasteiger partial charge >= 0.3 is 0 Å². The molecule has 0 aliphatic heterocycles. The Hall–Kier alpha value is -9.13. The number of nitrogens with zero attached hydrogens (tertiary/aromatic N) is 1. The lowest BCUT2D eigenvalue weighted by atomic mass is 9.72. The van der Waals surface area contributed by atoms with Gasteiger partial charge in [0.05, 0.1) is 39.5 Å². The Morgan fingerprint density at radius 2 is 0.868 bits per heavy atom. The summed E-state index contributed by atoms with van der Waals surface area (Å²) in [6, 6.07) is 82.3. The molecule has 700 valence electrons. The molecule has 2 atom stereocenters. The summed E-state index contributed by atoms with van der Waals surface area (Å²) in [6.45, 7) is 58.7. The van der Waals surface area contributed by atoms with Crippen LogP contribution in [0.25, 0.3) is 33.4 Å². The fraction of sp³-hybridized carbons (Fsp3) is 0.463. The van der Waals surface area contributed by atoms with E-state index < -0.39 is 19.7 Å². The van der Waals surface area contributed by atoms with Crippen molar-refractivity contribution in [1.82, 2.24) is 0 Å². The monoisotopic (exact) mass is 1780 g/mol. The first-order valence-corrected chi connectivity index (χ1v) is 52.1. The zero-order chi connectivity index (χ0) is 95.7. The highest BCUT2D eigenvalue weighted by Crippen LogP contribution is 2.41. The van der Waals surface area contributed by atoms with Crippen LogP contribution in [0.3, 0.4) is 0 Å². The van der Waals surface area contributed by atoms with Gasteiger partial charge in [-0.05, 0) is 264 Å². The van der Waals surface area contributed by atoms with Crippen LogP contribution in [-0.2, 0) is 38.9 Å². The molecular formula is C121H169NO5S2. The van der Waals surface area contributed by atoms with Crippen LogP contribution in [0.5, 0.6) is 5.75 Å². The lowest BCUT2D eigenvalue weighted by molar-refractivity contribution is 0.289. The number of ether oxygens (including phenoxy) is 1. The van der Waals surface area contributed by atoms with Gasteiger partial charge in [-0.15, -0.1) is 0 Å². The quantitative estimate of drug-likeness (QED) is 0.0363. The first kappa shape index (κ1) is 112. The molecule has 10 rings (SSSR count). The summed E-state index contributed by atoms with van der Waals surface area (Å²) in [4.78, 5) is 0.823. The molecule has 0 saturated heterocycles. The van der Waals surface area contributed by atoms with Gasteiger partial charge in [0.2, 0.25) is 0 Å². The van der Waals surface area contributed by atoms with E-state index in [2.05, 4.69) is 289 Å². The number of nitriles is 1. The van der Waals surface area contributed by atoms with Gasteiger partial charge in [-0.3, -0.25) is 0 Å². The number of allylic oxidation sites excluding steroid dienone is 10.